The van der Waals surface area contributed by atoms with Crippen LogP contribution < -0.4 is 0 Å². The Bertz CT molecular complexity index is 1170. The monoisotopic (exact) mass is 505 g/mol. The molecule has 3 aromatic rings. The van der Waals surface area contributed by atoms with E-state index in [1.54, 1.807) is 12.1 Å². The van der Waals surface area contributed by atoms with Gasteiger partial charge in [0.1, 0.15) is 25.0 Å². The number of benzene rings is 2. The third-order valence-electron chi connectivity index (χ3n) is 9.20. The molecule has 0 radical (unpaired) electrons. The topological polar surface area (TPSA) is 55.5 Å². The number of piperidine rings is 3. The van der Waals surface area contributed by atoms with E-state index in [2.05, 4.69) is 0 Å². The number of hydrogen-bond acceptors (Lipinski definition) is 4. The molecule has 2 atom stereocenters. The second-order valence-corrected chi connectivity index (χ2v) is 11.5. The molecule has 2 aromatic carbocycles. The molecule has 4 fully saturated rings. The molecular weight excluding hydrogens is 467 g/mol. The lowest BCUT2D eigenvalue weighted by atomic mass is 9.73. The van der Waals surface area contributed by atoms with Crippen molar-refractivity contribution in [2.75, 3.05) is 19.6 Å². The highest BCUT2D eigenvalue weighted by atomic mass is 19.1. The van der Waals surface area contributed by atoms with Gasteiger partial charge in [-0.2, -0.15) is 0 Å². The van der Waals surface area contributed by atoms with Gasteiger partial charge in [-0.05, 0) is 36.1 Å². The molecule has 1 aliphatic carbocycles. The van der Waals surface area contributed by atoms with Crippen LogP contribution in [-0.2, 0) is 23.5 Å². The smallest absolute Gasteiger partial charge is 0.231 e. The molecule has 5 nitrogen and oxygen atoms in total. The second kappa shape index (κ2) is 10.3. The van der Waals surface area contributed by atoms with Gasteiger partial charge in [-0.3, -0.25) is 0 Å². The van der Waals surface area contributed by atoms with Crippen LogP contribution in [0, 0.1) is 17.7 Å². The highest BCUT2D eigenvalue weighted by molar-refractivity contribution is 5.30. The second-order valence-electron chi connectivity index (χ2n) is 11.5. The number of hydrogen-bond donors (Lipinski definition) is 1. The van der Waals surface area contributed by atoms with Crippen LogP contribution >= 0.6 is 0 Å². The zero-order valence-electron chi connectivity index (χ0n) is 21.5. The van der Waals surface area contributed by atoms with E-state index in [1.165, 1.54) is 18.6 Å². The quantitative estimate of drug-likeness (QED) is 0.384. The average molecular weight is 506 g/mol. The lowest BCUT2D eigenvalue weighted by Gasteiger charge is -2.52. The standard InChI is InChI=1S/C31H38FN2O3/c32-27-13-11-23(12-14-27)22-36-29-21-34(17-15-24(29)16-18-34)20-28-19-33-30(37-28)31(35,25-7-3-1-4-8-25)26-9-5-2-6-10-26/h1,3-4,7-8,11-14,19,24,26,29,35H,2,5-6,9-10,15-18,20-22H2/q+1/t24?,29?,31-,34?/m0/s1. The molecule has 0 spiro atoms. The number of rotatable bonds is 8. The van der Waals surface area contributed by atoms with Gasteiger partial charge >= 0.3 is 0 Å². The van der Waals surface area contributed by atoms with E-state index >= 15 is 0 Å². The average Bonchev–Trinajstić information content (AvgIpc) is 3.42. The molecule has 7 rings (SSSR count). The van der Waals surface area contributed by atoms with Crippen LogP contribution in [0.2, 0.25) is 0 Å². The predicted molar refractivity (Wildman–Crippen MR) is 139 cm³/mol. The fourth-order valence-corrected chi connectivity index (χ4v) is 7.05. The maximum absolute atomic E-state index is 13.3. The molecule has 196 valence electrons. The first-order chi connectivity index (χ1) is 18.0. The van der Waals surface area contributed by atoms with Gasteiger partial charge in [0.05, 0.1) is 25.9 Å². The maximum atomic E-state index is 13.3. The summed E-state index contributed by atoms with van der Waals surface area (Å²) in [6, 6.07) is 16.5. The highest BCUT2D eigenvalue weighted by Crippen LogP contribution is 2.44. The van der Waals surface area contributed by atoms with Crippen LogP contribution in [-0.4, -0.2) is 40.3 Å². The Hall–Kier alpha value is -2.54. The van der Waals surface area contributed by atoms with Crippen molar-refractivity contribution in [1.29, 1.82) is 0 Å². The third-order valence-corrected chi connectivity index (χ3v) is 9.20. The summed E-state index contributed by atoms with van der Waals surface area (Å²) in [4.78, 5) is 4.70. The molecular formula is C31H38FN2O3+. The zero-order valence-corrected chi connectivity index (χ0v) is 21.5. The number of aliphatic hydroxyl groups is 1. The normalized spacial score (nSPS) is 27.7. The van der Waals surface area contributed by atoms with Gasteiger partial charge in [-0.15, -0.1) is 0 Å². The largest absolute Gasteiger partial charge is 0.436 e. The summed E-state index contributed by atoms with van der Waals surface area (Å²) in [6.45, 7) is 4.46. The van der Waals surface area contributed by atoms with Gasteiger partial charge in [0.25, 0.3) is 0 Å². The Morgan fingerprint density at radius 2 is 1.70 bits per heavy atom. The minimum atomic E-state index is -1.20. The fraction of sp³-hybridized carbons (Fsp3) is 0.516. The Balaban J connectivity index is 1.19. The van der Waals surface area contributed by atoms with Gasteiger partial charge in [0, 0.05) is 24.7 Å². The van der Waals surface area contributed by atoms with E-state index < -0.39 is 5.60 Å². The van der Waals surface area contributed by atoms with Crippen molar-refractivity contribution >= 4 is 0 Å². The minimum absolute atomic E-state index is 0.108. The lowest BCUT2D eigenvalue weighted by molar-refractivity contribution is -0.959. The molecule has 4 heterocycles. The summed E-state index contributed by atoms with van der Waals surface area (Å²) < 4.78 is 27.0. The van der Waals surface area contributed by atoms with Crippen LogP contribution in [0.3, 0.4) is 0 Å². The first-order valence-electron chi connectivity index (χ1n) is 14.0. The van der Waals surface area contributed by atoms with E-state index in [0.29, 0.717) is 18.4 Å². The SMILES string of the molecule is O[C@](c1ccccc1)(c1ncc(C[N+]23CCC(CC2)C(OCc2ccc(F)cc2)C3)o1)C1CCCCC1. The molecule has 0 amide bonds. The molecule has 6 heteroatoms. The maximum Gasteiger partial charge on any atom is 0.231 e. The van der Waals surface area contributed by atoms with Gasteiger partial charge in [0.15, 0.2) is 11.4 Å². The van der Waals surface area contributed by atoms with Crippen LogP contribution in [0.25, 0.3) is 0 Å². The van der Waals surface area contributed by atoms with Crippen molar-refractivity contribution in [1.82, 2.24) is 4.98 Å². The molecule has 1 unspecified atom stereocenters. The fourth-order valence-electron chi connectivity index (χ4n) is 7.05. The number of nitrogens with zero attached hydrogens (tertiary/aromatic N) is 2. The van der Waals surface area contributed by atoms with Crippen molar-refractivity contribution in [2.24, 2.45) is 11.8 Å². The van der Waals surface area contributed by atoms with Gasteiger partial charge in [0.2, 0.25) is 5.89 Å². The van der Waals surface area contributed by atoms with Crippen LogP contribution in [0.4, 0.5) is 4.39 Å². The first kappa shape index (κ1) is 24.8. The van der Waals surface area contributed by atoms with E-state index in [-0.39, 0.29) is 17.8 Å². The molecule has 3 aliphatic heterocycles. The molecule has 37 heavy (non-hydrogen) atoms. The number of quaternary nitrogens is 1. The number of halogens is 1. The van der Waals surface area contributed by atoms with Gasteiger partial charge < -0.3 is 18.7 Å². The molecule has 4 aliphatic rings. The number of ether oxygens (including phenoxy) is 1. The van der Waals surface area contributed by atoms with Crippen LogP contribution in [0.15, 0.2) is 65.2 Å². The van der Waals surface area contributed by atoms with Crippen molar-refractivity contribution in [3.05, 3.63) is 89.4 Å². The Labute approximate surface area is 218 Å². The number of aromatic nitrogens is 1. The van der Waals surface area contributed by atoms with Crippen LogP contribution in [0.1, 0.15) is 67.7 Å². The van der Waals surface area contributed by atoms with E-state index in [0.717, 1.165) is 86.1 Å². The minimum Gasteiger partial charge on any atom is -0.436 e. The van der Waals surface area contributed by atoms with Crippen molar-refractivity contribution in [3.63, 3.8) is 0 Å². The Morgan fingerprint density at radius 3 is 2.43 bits per heavy atom. The molecule has 1 aromatic heterocycles. The summed E-state index contributed by atoms with van der Waals surface area (Å²) in [5.41, 5.74) is 0.679. The summed E-state index contributed by atoms with van der Waals surface area (Å²) in [5, 5.41) is 12.2. The van der Waals surface area contributed by atoms with Gasteiger partial charge in [-0.1, -0.05) is 61.7 Å². The summed E-state index contributed by atoms with van der Waals surface area (Å²) >= 11 is 0. The summed E-state index contributed by atoms with van der Waals surface area (Å²) in [5.74, 6) is 1.76. The van der Waals surface area contributed by atoms with Gasteiger partial charge in [-0.25, -0.2) is 9.37 Å². The van der Waals surface area contributed by atoms with Crippen molar-refractivity contribution in [3.8, 4) is 0 Å². The Kier molecular flexibility index (Phi) is 6.91. The highest BCUT2D eigenvalue weighted by Gasteiger charge is 2.48. The lowest BCUT2D eigenvalue weighted by Crippen LogP contribution is -2.63. The molecule has 3 saturated heterocycles. The van der Waals surface area contributed by atoms with Crippen molar-refractivity contribution in [2.45, 2.75) is 69.8 Å². The van der Waals surface area contributed by atoms with Crippen LogP contribution in [0.5, 0.6) is 0 Å². The summed E-state index contributed by atoms with van der Waals surface area (Å²) in [7, 11) is 0. The molecule has 1 N–H and O–H groups in total. The zero-order chi connectivity index (χ0) is 25.3. The first-order valence-corrected chi connectivity index (χ1v) is 14.0. The van der Waals surface area contributed by atoms with E-state index in [1.807, 2.05) is 36.5 Å². The molecule has 1 saturated carbocycles. The van der Waals surface area contributed by atoms with Crippen molar-refractivity contribution < 1.29 is 23.1 Å². The number of oxazole rings is 1. The third kappa shape index (κ3) is 4.99. The van der Waals surface area contributed by atoms with E-state index in [9.17, 15) is 9.50 Å². The molecule has 2 bridgehead atoms. The Morgan fingerprint density at radius 1 is 0.973 bits per heavy atom. The number of fused-ring (bicyclic) bond motifs is 3. The summed E-state index contributed by atoms with van der Waals surface area (Å²) in [6.07, 6.45) is 9.78. The predicted octanol–water partition coefficient (Wildman–Crippen LogP) is 5.96. The van der Waals surface area contributed by atoms with E-state index in [4.69, 9.17) is 14.1 Å².